The van der Waals surface area contributed by atoms with Crippen molar-refractivity contribution >= 4 is 11.6 Å². The molecule has 0 spiro atoms. The second kappa shape index (κ2) is 7.84. The van der Waals surface area contributed by atoms with Crippen molar-refractivity contribution in [1.29, 1.82) is 0 Å². The average molecular weight is 328 g/mol. The molecule has 0 aliphatic heterocycles. The van der Waals surface area contributed by atoms with E-state index in [9.17, 15) is 4.79 Å². The molecule has 2 aromatic carbocycles. The zero-order valence-electron chi connectivity index (χ0n) is 14.8. The van der Waals surface area contributed by atoms with Gasteiger partial charge in [0.05, 0.1) is 14.2 Å². The Bertz CT molecular complexity index is 701. The first-order valence-corrected chi connectivity index (χ1v) is 7.73. The number of methoxy groups -OCH3 is 2. The van der Waals surface area contributed by atoms with Crippen LogP contribution in [0.1, 0.15) is 21.5 Å². The Balaban J connectivity index is 2.31. The Morgan fingerprint density at radius 3 is 2.21 bits per heavy atom. The van der Waals surface area contributed by atoms with E-state index in [2.05, 4.69) is 10.2 Å². The van der Waals surface area contributed by atoms with Gasteiger partial charge >= 0.3 is 0 Å². The third kappa shape index (κ3) is 4.06. The summed E-state index contributed by atoms with van der Waals surface area (Å²) in [6.07, 6.45) is 0. The van der Waals surface area contributed by atoms with E-state index in [4.69, 9.17) is 9.47 Å². The first-order valence-electron chi connectivity index (χ1n) is 7.73. The monoisotopic (exact) mass is 328 g/mol. The van der Waals surface area contributed by atoms with Crippen molar-refractivity contribution in [3.8, 4) is 11.5 Å². The third-order valence-electron chi connectivity index (χ3n) is 3.77. The summed E-state index contributed by atoms with van der Waals surface area (Å²) in [6, 6.07) is 11.2. The smallest absolute Gasteiger partial charge is 0.255 e. The number of carbonyl (C=O) groups is 1. The maximum atomic E-state index is 12.7. The van der Waals surface area contributed by atoms with Gasteiger partial charge in [-0.2, -0.15) is 0 Å². The van der Waals surface area contributed by atoms with Crippen molar-refractivity contribution < 1.29 is 14.3 Å². The molecule has 0 aliphatic carbocycles. The highest BCUT2D eigenvalue weighted by atomic mass is 16.5. The summed E-state index contributed by atoms with van der Waals surface area (Å²) in [4.78, 5) is 14.7. The quantitative estimate of drug-likeness (QED) is 0.884. The first kappa shape index (κ1) is 17.8. The predicted molar refractivity (Wildman–Crippen MR) is 96.1 cm³/mol. The number of ether oxygens (including phenoxy) is 2. The van der Waals surface area contributed by atoms with E-state index in [-0.39, 0.29) is 5.91 Å². The molecule has 0 saturated heterocycles. The van der Waals surface area contributed by atoms with E-state index >= 15 is 0 Å². The van der Waals surface area contributed by atoms with Gasteiger partial charge in [-0.05, 0) is 44.8 Å². The number of benzene rings is 2. The van der Waals surface area contributed by atoms with E-state index in [1.807, 2.05) is 45.3 Å². The summed E-state index contributed by atoms with van der Waals surface area (Å²) >= 11 is 0. The lowest BCUT2D eigenvalue weighted by Crippen LogP contribution is -2.17. The largest absolute Gasteiger partial charge is 0.496 e. The van der Waals surface area contributed by atoms with Crippen LogP contribution in [-0.4, -0.2) is 39.1 Å². The molecule has 0 atom stereocenters. The Kier molecular flexibility index (Phi) is 5.82. The summed E-state index contributed by atoms with van der Waals surface area (Å²) in [6.45, 7) is 2.64. The molecule has 1 N–H and O–H groups in total. The molecule has 0 fully saturated rings. The van der Waals surface area contributed by atoms with Gasteiger partial charge in [0.2, 0.25) is 0 Å². The number of hydrogen-bond acceptors (Lipinski definition) is 4. The highest BCUT2D eigenvalue weighted by Gasteiger charge is 2.15. The van der Waals surface area contributed by atoms with E-state index < -0.39 is 0 Å². The van der Waals surface area contributed by atoms with Crippen LogP contribution in [0.4, 0.5) is 5.69 Å². The average Bonchev–Trinajstić information content (AvgIpc) is 2.56. The fraction of sp³-hybridized carbons (Fsp3) is 0.316. The van der Waals surface area contributed by atoms with E-state index in [0.717, 1.165) is 23.4 Å². The lowest BCUT2D eigenvalue weighted by Gasteiger charge is -2.16. The minimum absolute atomic E-state index is 0.196. The first-order chi connectivity index (χ1) is 11.5. The van der Waals surface area contributed by atoms with Gasteiger partial charge in [-0.15, -0.1) is 0 Å². The highest BCUT2D eigenvalue weighted by molar-refractivity contribution is 6.05. The fourth-order valence-corrected chi connectivity index (χ4v) is 2.53. The lowest BCUT2D eigenvalue weighted by molar-refractivity contribution is 0.102. The van der Waals surface area contributed by atoms with Crippen LogP contribution >= 0.6 is 0 Å². The van der Waals surface area contributed by atoms with Gasteiger partial charge in [0, 0.05) is 23.4 Å². The van der Waals surface area contributed by atoms with Crippen molar-refractivity contribution in [3.63, 3.8) is 0 Å². The molecule has 5 heteroatoms. The number of nitrogens with zero attached hydrogens (tertiary/aromatic N) is 1. The van der Waals surface area contributed by atoms with Crippen LogP contribution in [0, 0.1) is 6.92 Å². The number of amides is 1. The van der Waals surface area contributed by atoms with Gasteiger partial charge in [-0.3, -0.25) is 4.79 Å². The summed E-state index contributed by atoms with van der Waals surface area (Å²) in [7, 11) is 7.15. The molecule has 0 radical (unpaired) electrons. The number of para-hydroxylation sites is 1. The van der Waals surface area contributed by atoms with Crippen LogP contribution in [0.15, 0.2) is 36.4 Å². The van der Waals surface area contributed by atoms with Crippen LogP contribution in [-0.2, 0) is 6.54 Å². The Morgan fingerprint density at radius 2 is 1.67 bits per heavy atom. The van der Waals surface area contributed by atoms with Gasteiger partial charge < -0.3 is 19.7 Å². The van der Waals surface area contributed by atoms with Crippen molar-refractivity contribution in [2.75, 3.05) is 33.6 Å². The molecule has 128 valence electrons. The van der Waals surface area contributed by atoms with Crippen LogP contribution < -0.4 is 14.8 Å². The van der Waals surface area contributed by atoms with Gasteiger partial charge in [-0.1, -0.05) is 18.2 Å². The summed E-state index contributed by atoms with van der Waals surface area (Å²) in [5, 5.41) is 2.98. The minimum atomic E-state index is -0.196. The maximum Gasteiger partial charge on any atom is 0.255 e. The number of rotatable bonds is 6. The molecule has 2 rings (SSSR count). The van der Waals surface area contributed by atoms with Crippen LogP contribution in [0.2, 0.25) is 0 Å². The van der Waals surface area contributed by atoms with Crippen molar-refractivity contribution in [1.82, 2.24) is 4.90 Å². The standard InChI is InChI=1S/C19H24N2O3/c1-13-17(23-4)10-15(11-18(13)24-5)19(22)20-16-9-7-6-8-14(16)12-21(2)3/h6-11H,12H2,1-5H3,(H,20,22). The molecule has 24 heavy (non-hydrogen) atoms. The van der Waals surface area contributed by atoms with Crippen LogP contribution in [0.5, 0.6) is 11.5 Å². The molecule has 0 saturated carbocycles. The van der Waals surface area contributed by atoms with Gasteiger partial charge in [0.15, 0.2) is 0 Å². The molecular formula is C19H24N2O3. The van der Waals surface area contributed by atoms with Gasteiger partial charge in [0.1, 0.15) is 11.5 Å². The zero-order chi connectivity index (χ0) is 17.7. The molecule has 0 unspecified atom stereocenters. The predicted octanol–water partition coefficient (Wildman–Crippen LogP) is 3.33. The zero-order valence-corrected chi connectivity index (χ0v) is 14.8. The second-order valence-electron chi connectivity index (χ2n) is 5.85. The molecular weight excluding hydrogens is 304 g/mol. The maximum absolute atomic E-state index is 12.7. The van der Waals surface area contributed by atoms with Crippen molar-refractivity contribution in [2.24, 2.45) is 0 Å². The number of anilines is 1. The summed E-state index contributed by atoms with van der Waals surface area (Å²) < 4.78 is 10.7. The Labute approximate surface area is 143 Å². The molecule has 2 aromatic rings. The van der Waals surface area contributed by atoms with Gasteiger partial charge in [-0.25, -0.2) is 0 Å². The molecule has 5 nitrogen and oxygen atoms in total. The number of nitrogens with one attached hydrogen (secondary N) is 1. The van der Waals surface area contributed by atoms with Crippen molar-refractivity contribution in [3.05, 3.63) is 53.1 Å². The lowest BCUT2D eigenvalue weighted by atomic mass is 10.1. The summed E-state index contributed by atoms with van der Waals surface area (Å²) in [5.41, 5.74) is 3.22. The minimum Gasteiger partial charge on any atom is -0.496 e. The SMILES string of the molecule is COc1cc(C(=O)Nc2ccccc2CN(C)C)cc(OC)c1C. The number of hydrogen-bond donors (Lipinski definition) is 1. The topological polar surface area (TPSA) is 50.8 Å². The van der Waals surface area contributed by atoms with Crippen molar-refractivity contribution in [2.45, 2.75) is 13.5 Å². The second-order valence-corrected chi connectivity index (χ2v) is 5.85. The Morgan fingerprint density at radius 1 is 1.08 bits per heavy atom. The molecule has 1 amide bonds. The van der Waals surface area contributed by atoms with E-state index in [1.54, 1.807) is 26.4 Å². The van der Waals surface area contributed by atoms with E-state index in [1.165, 1.54) is 0 Å². The van der Waals surface area contributed by atoms with Gasteiger partial charge in [0.25, 0.3) is 5.91 Å². The molecule has 0 heterocycles. The third-order valence-corrected chi connectivity index (χ3v) is 3.77. The highest BCUT2D eigenvalue weighted by Crippen LogP contribution is 2.30. The fourth-order valence-electron chi connectivity index (χ4n) is 2.53. The Hall–Kier alpha value is -2.53. The van der Waals surface area contributed by atoms with Crippen LogP contribution in [0.25, 0.3) is 0 Å². The van der Waals surface area contributed by atoms with E-state index in [0.29, 0.717) is 17.1 Å². The molecule has 0 bridgehead atoms. The number of carbonyl (C=O) groups excluding carboxylic acids is 1. The molecule has 0 aromatic heterocycles. The van der Waals surface area contributed by atoms with Crippen LogP contribution in [0.3, 0.4) is 0 Å². The summed E-state index contributed by atoms with van der Waals surface area (Å²) in [5.74, 6) is 1.06. The normalized spacial score (nSPS) is 10.6. The molecule has 0 aliphatic rings.